The highest BCUT2D eigenvalue weighted by atomic mass is 16.7. The van der Waals surface area contributed by atoms with Crippen molar-refractivity contribution in [3.8, 4) is 0 Å². The Morgan fingerprint density at radius 2 is 1.78 bits per heavy atom. The first-order valence-electron chi connectivity index (χ1n) is 7.38. The maximum absolute atomic E-state index is 12.2. The van der Waals surface area contributed by atoms with E-state index in [9.17, 15) is 14.4 Å². The fourth-order valence-electron chi connectivity index (χ4n) is 2.98. The van der Waals surface area contributed by atoms with E-state index in [1.54, 1.807) is 24.3 Å². The quantitative estimate of drug-likeness (QED) is 0.812. The minimum absolute atomic E-state index is 0.0962. The molecule has 2 amide bonds. The van der Waals surface area contributed by atoms with E-state index in [0.29, 0.717) is 11.5 Å². The summed E-state index contributed by atoms with van der Waals surface area (Å²) in [5, 5.41) is 0.577. The third kappa shape index (κ3) is 2.14. The number of carbonyl (C=O) groups is 3. The minimum Gasteiger partial charge on any atom is -0.357 e. The van der Waals surface area contributed by atoms with Gasteiger partial charge in [0.2, 0.25) is 0 Å². The summed E-state index contributed by atoms with van der Waals surface area (Å²) in [6, 6.07) is 8.39. The van der Waals surface area contributed by atoms with E-state index in [0.717, 1.165) is 5.56 Å². The summed E-state index contributed by atoms with van der Waals surface area (Å²) in [5.74, 6) is -1.92. The zero-order valence-electron chi connectivity index (χ0n) is 12.4. The summed E-state index contributed by atoms with van der Waals surface area (Å²) in [4.78, 5) is 41.6. The maximum Gasteiger partial charge on any atom is 0.336 e. The molecule has 0 bridgehead atoms. The lowest BCUT2D eigenvalue weighted by Gasteiger charge is -2.12. The van der Waals surface area contributed by atoms with Crippen LogP contribution in [0.2, 0.25) is 0 Å². The monoisotopic (exact) mass is 310 g/mol. The number of aromatic nitrogens is 1. The van der Waals surface area contributed by atoms with Gasteiger partial charge in [0, 0.05) is 19.4 Å². The van der Waals surface area contributed by atoms with Gasteiger partial charge in [0.05, 0.1) is 17.0 Å². The Labute approximate surface area is 132 Å². The van der Waals surface area contributed by atoms with Gasteiger partial charge in [-0.1, -0.05) is 17.2 Å². The standard InChI is InChI=1S/C17H14N2O4/c1-18-7-6-10(9-18)13-8-14(13)17(22)23-19-15(20)11-4-2-3-5-12(11)16(19)21/h2-7,9,13-14H,8H2,1H3/t13-,14+/m0/s1. The Hall–Kier alpha value is -2.89. The van der Waals surface area contributed by atoms with E-state index in [-0.39, 0.29) is 23.0 Å². The summed E-state index contributed by atoms with van der Waals surface area (Å²) in [6.07, 6.45) is 4.55. The summed E-state index contributed by atoms with van der Waals surface area (Å²) in [6.45, 7) is 0. The second kappa shape index (κ2) is 4.81. The number of carbonyl (C=O) groups excluding carboxylic acids is 3. The molecule has 0 N–H and O–H groups in total. The van der Waals surface area contributed by atoms with Gasteiger partial charge in [-0.2, -0.15) is 0 Å². The maximum atomic E-state index is 12.2. The summed E-state index contributed by atoms with van der Waals surface area (Å²) in [7, 11) is 1.91. The van der Waals surface area contributed by atoms with Crippen LogP contribution in [-0.2, 0) is 16.7 Å². The second-order valence-electron chi connectivity index (χ2n) is 5.92. The molecule has 1 aliphatic carbocycles. The summed E-state index contributed by atoms with van der Waals surface area (Å²) < 4.78 is 1.92. The highest BCUT2D eigenvalue weighted by Crippen LogP contribution is 2.48. The number of aryl methyl sites for hydroxylation is 1. The summed E-state index contributed by atoms with van der Waals surface area (Å²) in [5.41, 5.74) is 1.60. The Morgan fingerprint density at radius 3 is 2.35 bits per heavy atom. The van der Waals surface area contributed by atoms with Gasteiger partial charge in [0.15, 0.2) is 0 Å². The number of imide groups is 1. The van der Waals surface area contributed by atoms with Crippen LogP contribution in [0.4, 0.5) is 0 Å². The van der Waals surface area contributed by atoms with Crippen molar-refractivity contribution in [2.45, 2.75) is 12.3 Å². The largest absolute Gasteiger partial charge is 0.357 e. The van der Waals surface area contributed by atoms with Crippen LogP contribution in [0, 0.1) is 5.92 Å². The van der Waals surface area contributed by atoms with Gasteiger partial charge >= 0.3 is 5.97 Å². The van der Waals surface area contributed by atoms with Gasteiger partial charge in [-0.25, -0.2) is 4.79 Å². The van der Waals surface area contributed by atoms with Crippen molar-refractivity contribution >= 4 is 17.8 Å². The normalized spacial score (nSPS) is 22.2. The number of benzene rings is 1. The molecule has 1 aliphatic heterocycles. The molecule has 2 atom stereocenters. The van der Waals surface area contributed by atoms with Crippen LogP contribution < -0.4 is 0 Å². The molecule has 1 aromatic carbocycles. The van der Waals surface area contributed by atoms with Crippen LogP contribution in [0.5, 0.6) is 0 Å². The lowest BCUT2D eigenvalue weighted by molar-refractivity contribution is -0.170. The van der Waals surface area contributed by atoms with E-state index in [2.05, 4.69) is 0 Å². The smallest absolute Gasteiger partial charge is 0.336 e. The molecular weight excluding hydrogens is 296 g/mol. The van der Waals surface area contributed by atoms with E-state index in [1.807, 2.05) is 30.1 Å². The highest BCUT2D eigenvalue weighted by molar-refractivity contribution is 6.20. The molecule has 0 saturated heterocycles. The van der Waals surface area contributed by atoms with Crippen LogP contribution in [0.1, 0.15) is 38.6 Å². The topological polar surface area (TPSA) is 68.6 Å². The Balaban J connectivity index is 1.47. The number of nitrogens with zero attached hydrogens (tertiary/aromatic N) is 2. The number of hydrogen-bond donors (Lipinski definition) is 0. The van der Waals surface area contributed by atoms with E-state index in [1.165, 1.54) is 0 Å². The molecule has 0 radical (unpaired) electrons. The van der Waals surface area contributed by atoms with Crippen LogP contribution in [-0.4, -0.2) is 27.4 Å². The van der Waals surface area contributed by atoms with Gasteiger partial charge in [0.1, 0.15) is 0 Å². The minimum atomic E-state index is -0.587. The molecule has 4 rings (SSSR count). The van der Waals surface area contributed by atoms with Crippen molar-refractivity contribution in [3.63, 3.8) is 0 Å². The number of fused-ring (bicyclic) bond motifs is 1. The molecule has 6 nitrogen and oxygen atoms in total. The Morgan fingerprint density at radius 1 is 1.13 bits per heavy atom. The van der Waals surface area contributed by atoms with Crippen LogP contribution >= 0.6 is 0 Å². The first-order chi connectivity index (χ1) is 11.1. The van der Waals surface area contributed by atoms with Crippen LogP contribution in [0.25, 0.3) is 0 Å². The SMILES string of the molecule is Cn1ccc([C@@H]2C[C@H]2C(=O)ON2C(=O)c3ccccc3C2=O)c1. The van der Waals surface area contributed by atoms with Gasteiger partial charge in [0.25, 0.3) is 11.8 Å². The Bertz CT molecular complexity index is 804. The molecule has 2 aliphatic rings. The molecule has 0 spiro atoms. The van der Waals surface area contributed by atoms with Crippen molar-refractivity contribution in [1.82, 2.24) is 9.63 Å². The van der Waals surface area contributed by atoms with E-state index >= 15 is 0 Å². The molecule has 116 valence electrons. The predicted octanol–water partition coefficient (Wildman–Crippen LogP) is 1.88. The average Bonchev–Trinajstić information content (AvgIpc) is 3.19. The van der Waals surface area contributed by atoms with Crippen molar-refractivity contribution in [2.24, 2.45) is 13.0 Å². The second-order valence-corrected chi connectivity index (χ2v) is 5.92. The first-order valence-corrected chi connectivity index (χ1v) is 7.38. The molecule has 0 unspecified atom stereocenters. The lowest BCUT2D eigenvalue weighted by atomic mass is 10.1. The fraction of sp³-hybridized carbons (Fsp3) is 0.235. The number of amides is 2. The van der Waals surface area contributed by atoms with Gasteiger partial charge < -0.3 is 9.40 Å². The van der Waals surface area contributed by atoms with Gasteiger partial charge in [-0.05, 0) is 36.1 Å². The molecule has 1 fully saturated rings. The average molecular weight is 310 g/mol. The third-order valence-electron chi connectivity index (χ3n) is 4.31. The first kappa shape index (κ1) is 13.8. The van der Waals surface area contributed by atoms with Crippen molar-refractivity contribution < 1.29 is 19.2 Å². The van der Waals surface area contributed by atoms with Crippen molar-refractivity contribution in [1.29, 1.82) is 0 Å². The molecule has 2 heterocycles. The van der Waals surface area contributed by atoms with Crippen molar-refractivity contribution in [3.05, 3.63) is 59.4 Å². The lowest BCUT2D eigenvalue weighted by Crippen LogP contribution is -2.33. The molecule has 1 saturated carbocycles. The van der Waals surface area contributed by atoms with Gasteiger partial charge in [-0.3, -0.25) is 9.59 Å². The Kier molecular flexibility index (Phi) is 2.87. The molecule has 2 aromatic rings. The van der Waals surface area contributed by atoms with Crippen molar-refractivity contribution in [2.75, 3.05) is 0 Å². The zero-order valence-corrected chi connectivity index (χ0v) is 12.4. The van der Waals surface area contributed by atoms with E-state index in [4.69, 9.17) is 4.84 Å². The number of hydroxylamine groups is 2. The number of rotatable bonds is 3. The molecule has 6 heteroatoms. The van der Waals surface area contributed by atoms with Crippen LogP contribution in [0.3, 0.4) is 0 Å². The predicted molar refractivity (Wildman–Crippen MR) is 79.3 cm³/mol. The van der Waals surface area contributed by atoms with E-state index < -0.39 is 17.8 Å². The van der Waals surface area contributed by atoms with Crippen LogP contribution in [0.15, 0.2) is 42.7 Å². The fourth-order valence-corrected chi connectivity index (χ4v) is 2.98. The van der Waals surface area contributed by atoms with Gasteiger partial charge in [-0.15, -0.1) is 0 Å². The molecular formula is C17H14N2O4. The zero-order chi connectivity index (χ0) is 16.1. The number of hydrogen-bond acceptors (Lipinski definition) is 4. The molecule has 23 heavy (non-hydrogen) atoms. The summed E-state index contributed by atoms with van der Waals surface area (Å²) >= 11 is 0. The third-order valence-corrected chi connectivity index (χ3v) is 4.31. The molecule has 1 aromatic heterocycles. The highest BCUT2D eigenvalue weighted by Gasteiger charge is 2.48.